The lowest BCUT2D eigenvalue weighted by atomic mass is 9.85. The molecule has 31 heavy (non-hydrogen) atoms. The highest BCUT2D eigenvalue weighted by Gasteiger charge is 2.49. The van der Waals surface area contributed by atoms with E-state index in [9.17, 15) is 9.59 Å². The number of rotatable bonds is 4. The van der Waals surface area contributed by atoms with Crippen LogP contribution in [0.3, 0.4) is 0 Å². The highest BCUT2D eigenvalue weighted by Crippen LogP contribution is 2.33. The molecule has 5 rings (SSSR count). The van der Waals surface area contributed by atoms with Gasteiger partial charge < -0.3 is 19.2 Å². The SMILES string of the molecule is C[C@@H]1CCCC[C@H]1NC(=O)[C@@]1(C)Cn2c(nc3ccccc32)C(=O)N1Cc1ccco1. The second-order valence-electron chi connectivity index (χ2n) is 9.10. The van der Waals surface area contributed by atoms with Crippen LogP contribution in [0.5, 0.6) is 0 Å². The number of aromatic nitrogens is 2. The molecule has 1 aromatic carbocycles. The summed E-state index contributed by atoms with van der Waals surface area (Å²) in [5.74, 6) is 1.07. The Morgan fingerprint density at radius 1 is 1.23 bits per heavy atom. The molecule has 0 unspecified atom stereocenters. The van der Waals surface area contributed by atoms with Gasteiger partial charge in [0.2, 0.25) is 5.91 Å². The van der Waals surface area contributed by atoms with Crippen molar-refractivity contribution in [3.05, 3.63) is 54.2 Å². The van der Waals surface area contributed by atoms with Gasteiger partial charge in [-0.3, -0.25) is 9.59 Å². The molecule has 3 atom stereocenters. The van der Waals surface area contributed by atoms with Gasteiger partial charge in [0.15, 0.2) is 5.82 Å². The Labute approximate surface area is 181 Å². The van der Waals surface area contributed by atoms with Crippen LogP contribution in [0.1, 0.15) is 55.9 Å². The first-order chi connectivity index (χ1) is 15.0. The van der Waals surface area contributed by atoms with Gasteiger partial charge in [-0.2, -0.15) is 0 Å². The van der Waals surface area contributed by atoms with Crippen molar-refractivity contribution >= 4 is 22.8 Å². The zero-order valence-corrected chi connectivity index (χ0v) is 18.0. The summed E-state index contributed by atoms with van der Waals surface area (Å²) in [5, 5.41) is 3.28. The summed E-state index contributed by atoms with van der Waals surface area (Å²) in [5.41, 5.74) is 0.570. The molecule has 0 radical (unpaired) electrons. The number of fused-ring (bicyclic) bond motifs is 3. The minimum Gasteiger partial charge on any atom is -0.467 e. The van der Waals surface area contributed by atoms with Crippen LogP contribution in [0.25, 0.3) is 11.0 Å². The molecule has 162 valence electrons. The van der Waals surface area contributed by atoms with Crippen LogP contribution in [0.2, 0.25) is 0 Å². The summed E-state index contributed by atoms with van der Waals surface area (Å²) in [6.07, 6.45) is 6.01. The van der Waals surface area contributed by atoms with Crippen molar-refractivity contribution in [3.63, 3.8) is 0 Å². The van der Waals surface area contributed by atoms with Gasteiger partial charge in [0.1, 0.15) is 11.3 Å². The van der Waals surface area contributed by atoms with Crippen molar-refractivity contribution in [1.82, 2.24) is 19.8 Å². The van der Waals surface area contributed by atoms with E-state index in [1.54, 1.807) is 17.2 Å². The van der Waals surface area contributed by atoms with E-state index in [1.165, 1.54) is 6.42 Å². The molecule has 1 N–H and O–H groups in total. The number of imidazole rings is 1. The van der Waals surface area contributed by atoms with Gasteiger partial charge in [0, 0.05) is 6.04 Å². The Bertz CT molecular complexity index is 1120. The number of hydrogen-bond acceptors (Lipinski definition) is 4. The molecular weight excluding hydrogens is 392 g/mol. The lowest BCUT2D eigenvalue weighted by Gasteiger charge is -2.44. The molecule has 7 nitrogen and oxygen atoms in total. The van der Waals surface area contributed by atoms with Crippen LogP contribution in [0.4, 0.5) is 0 Å². The second kappa shape index (κ2) is 7.55. The van der Waals surface area contributed by atoms with Gasteiger partial charge in [0.05, 0.1) is 30.4 Å². The minimum atomic E-state index is -1.06. The maximum Gasteiger partial charge on any atom is 0.291 e. The van der Waals surface area contributed by atoms with Crippen LogP contribution in [0.15, 0.2) is 47.1 Å². The molecule has 2 aliphatic rings. The Morgan fingerprint density at radius 3 is 2.81 bits per heavy atom. The van der Waals surface area contributed by atoms with E-state index >= 15 is 0 Å². The summed E-state index contributed by atoms with van der Waals surface area (Å²) in [6.45, 7) is 4.62. The second-order valence-corrected chi connectivity index (χ2v) is 9.10. The zero-order valence-electron chi connectivity index (χ0n) is 18.0. The van der Waals surface area contributed by atoms with E-state index in [2.05, 4.69) is 17.2 Å². The number of furan rings is 1. The number of para-hydroxylation sites is 2. The predicted molar refractivity (Wildman–Crippen MR) is 116 cm³/mol. The number of amides is 2. The van der Waals surface area contributed by atoms with Crippen LogP contribution in [-0.4, -0.2) is 37.8 Å². The fraction of sp³-hybridized carbons (Fsp3) is 0.458. The largest absolute Gasteiger partial charge is 0.467 e. The monoisotopic (exact) mass is 420 g/mol. The average Bonchev–Trinajstić information content (AvgIpc) is 3.41. The molecule has 1 fully saturated rings. The van der Waals surface area contributed by atoms with Gasteiger partial charge in [-0.1, -0.05) is 31.9 Å². The first kappa shape index (κ1) is 19.8. The first-order valence-electron chi connectivity index (χ1n) is 11.1. The first-order valence-corrected chi connectivity index (χ1v) is 11.1. The average molecular weight is 421 g/mol. The smallest absolute Gasteiger partial charge is 0.291 e. The maximum absolute atomic E-state index is 13.7. The number of benzene rings is 1. The van der Waals surface area contributed by atoms with Gasteiger partial charge in [-0.25, -0.2) is 4.98 Å². The summed E-state index contributed by atoms with van der Waals surface area (Å²) in [6, 6.07) is 11.4. The van der Waals surface area contributed by atoms with Crippen LogP contribution < -0.4 is 5.32 Å². The standard InChI is InChI=1S/C24H28N4O3/c1-16-8-3-4-10-18(16)26-23(30)24(2)15-27-20-12-6-5-11-19(20)25-21(27)22(29)28(24)14-17-9-7-13-31-17/h5-7,9,11-13,16,18H,3-4,8,10,14-15H2,1-2H3,(H,26,30)/t16-,18-,24-/m1/s1. The summed E-state index contributed by atoms with van der Waals surface area (Å²) in [4.78, 5) is 33.5. The van der Waals surface area contributed by atoms with Crippen molar-refractivity contribution in [3.8, 4) is 0 Å². The summed E-state index contributed by atoms with van der Waals surface area (Å²) >= 11 is 0. The highest BCUT2D eigenvalue weighted by atomic mass is 16.3. The summed E-state index contributed by atoms with van der Waals surface area (Å²) < 4.78 is 7.41. The van der Waals surface area contributed by atoms with Crippen molar-refractivity contribution in [2.24, 2.45) is 5.92 Å². The quantitative estimate of drug-likeness (QED) is 0.697. The third kappa shape index (κ3) is 3.32. The molecular formula is C24H28N4O3. The van der Waals surface area contributed by atoms with E-state index in [0.29, 0.717) is 24.0 Å². The molecule has 2 amide bonds. The zero-order chi connectivity index (χ0) is 21.6. The topological polar surface area (TPSA) is 80.4 Å². The van der Waals surface area contributed by atoms with E-state index in [0.717, 1.165) is 30.3 Å². The van der Waals surface area contributed by atoms with Crippen LogP contribution >= 0.6 is 0 Å². The molecule has 0 bridgehead atoms. The number of nitrogens with one attached hydrogen (secondary N) is 1. The summed E-state index contributed by atoms with van der Waals surface area (Å²) in [7, 11) is 0. The third-order valence-corrected chi connectivity index (χ3v) is 6.96. The fourth-order valence-electron chi connectivity index (χ4n) is 4.99. The van der Waals surface area contributed by atoms with Gasteiger partial charge in [-0.05, 0) is 49.9 Å². The minimum absolute atomic E-state index is 0.116. The Hall–Kier alpha value is -3.09. The van der Waals surface area contributed by atoms with E-state index in [4.69, 9.17) is 4.42 Å². The molecule has 7 heteroatoms. The fourth-order valence-corrected chi connectivity index (χ4v) is 4.99. The number of carbonyl (C=O) groups is 2. The van der Waals surface area contributed by atoms with Crippen molar-refractivity contribution in [1.29, 1.82) is 0 Å². The Morgan fingerprint density at radius 2 is 2.03 bits per heavy atom. The van der Waals surface area contributed by atoms with E-state index < -0.39 is 5.54 Å². The van der Waals surface area contributed by atoms with Gasteiger partial charge >= 0.3 is 0 Å². The lowest BCUT2D eigenvalue weighted by Crippen LogP contribution is -2.65. The van der Waals surface area contributed by atoms with Crippen LogP contribution in [0, 0.1) is 5.92 Å². The number of hydrogen-bond donors (Lipinski definition) is 1. The van der Waals surface area contributed by atoms with Crippen molar-refractivity contribution < 1.29 is 14.0 Å². The normalized spacial score (nSPS) is 26.1. The van der Waals surface area contributed by atoms with Gasteiger partial charge in [0.25, 0.3) is 5.91 Å². The van der Waals surface area contributed by atoms with E-state index in [1.807, 2.05) is 41.8 Å². The predicted octanol–water partition coefficient (Wildman–Crippen LogP) is 3.74. The van der Waals surface area contributed by atoms with Crippen LogP contribution in [-0.2, 0) is 17.9 Å². The molecule has 3 aromatic rings. The molecule has 2 aromatic heterocycles. The number of nitrogens with zero attached hydrogens (tertiary/aromatic N) is 3. The Balaban J connectivity index is 1.54. The van der Waals surface area contributed by atoms with Crippen molar-refractivity contribution in [2.75, 3.05) is 0 Å². The molecule has 1 aliphatic heterocycles. The number of carbonyl (C=O) groups excluding carboxylic acids is 2. The van der Waals surface area contributed by atoms with Gasteiger partial charge in [-0.15, -0.1) is 0 Å². The third-order valence-electron chi connectivity index (χ3n) is 6.96. The lowest BCUT2D eigenvalue weighted by molar-refractivity contribution is -0.134. The molecule has 3 heterocycles. The highest BCUT2D eigenvalue weighted by molar-refractivity contribution is 6.01. The Kier molecular flexibility index (Phi) is 4.84. The molecule has 1 aliphatic carbocycles. The van der Waals surface area contributed by atoms with E-state index in [-0.39, 0.29) is 24.4 Å². The molecule has 1 saturated carbocycles. The molecule has 0 saturated heterocycles. The van der Waals surface area contributed by atoms with Crippen molar-refractivity contribution in [2.45, 2.75) is 64.2 Å². The molecule has 0 spiro atoms. The maximum atomic E-state index is 13.7.